The Hall–Kier alpha value is -2.21. The Kier molecular flexibility index (Phi) is 5.35. The van der Waals surface area contributed by atoms with Crippen LogP contribution in [-0.4, -0.2) is 50.4 Å². The molecule has 160 valence electrons. The van der Waals surface area contributed by atoms with Crippen molar-refractivity contribution >= 4 is 5.91 Å². The van der Waals surface area contributed by atoms with Gasteiger partial charge in [-0.3, -0.25) is 9.69 Å². The lowest BCUT2D eigenvalue weighted by molar-refractivity contribution is -0.152. The van der Waals surface area contributed by atoms with E-state index < -0.39 is 0 Å². The number of fused-ring (bicyclic) bond motifs is 4. The summed E-state index contributed by atoms with van der Waals surface area (Å²) in [4.78, 5) is 22.3. The summed E-state index contributed by atoms with van der Waals surface area (Å²) in [6.07, 6.45) is 8.73. The van der Waals surface area contributed by atoms with Crippen LogP contribution in [0.4, 0.5) is 4.39 Å². The monoisotopic (exact) mass is 410 g/mol. The van der Waals surface area contributed by atoms with Gasteiger partial charge in [0.15, 0.2) is 0 Å². The summed E-state index contributed by atoms with van der Waals surface area (Å²) >= 11 is 0. The average molecular weight is 411 g/mol. The Balaban J connectivity index is 1.39. The number of rotatable bonds is 5. The van der Waals surface area contributed by atoms with Crippen molar-refractivity contribution in [1.82, 2.24) is 19.4 Å². The fourth-order valence-corrected chi connectivity index (χ4v) is 6.06. The molecule has 5 rings (SSSR count). The van der Waals surface area contributed by atoms with Crippen LogP contribution in [-0.2, 0) is 24.3 Å². The predicted octanol–water partition coefficient (Wildman–Crippen LogP) is 3.49. The van der Waals surface area contributed by atoms with Crippen molar-refractivity contribution in [1.29, 1.82) is 0 Å². The van der Waals surface area contributed by atoms with Crippen LogP contribution in [0, 0.1) is 17.7 Å². The van der Waals surface area contributed by atoms with Gasteiger partial charge in [-0.2, -0.15) is 0 Å². The minimum atomic E-state index is -0.195. The summed E-state index contributed by atoms with van der Waals surface area (Å²) in [6.45, 7) is 5.95. The van der Waals surface area contributed by atoms with Gasteiger partial charge in [0.25, 0.3) is 0 Å². The molecule has 1 amide bonds. The fourth-order valence-electron chi connectivity index (χ4n) is 6.06. The summed E-state index contributed by atoms with van der Waals surface area (Å²) < 4.78 is 15.9. The van der Waals surface area contributed by atoms with Crippen LogP contribution in [0.2, 0.25) is 0 Å². The number of likely N-dealkylation sites (tertiary alicyclic amines) is 1. The Morgan fingerprint density at radius 3 is 2.90 bits per heavy atom. The first-order valence-electron chi connectivity index (χ1n) is 11.4. The average Bonchev–Trinajstić information content (AvgIpc) is 3.19. The molecular formula is C24H31FN4O. The molecule has 0 spiro atoms. The smallest absolute Gasteiger partial charge is 0.223 e. The highest BCUT2D eigenvalue weighted by atomic mass is 19.1. The van der Waals surface area contributed by atoms with E-state index in [1.807, 2.05) is 12.4 Å². The molecule has 3 aliphatic heterocycles. The Morgan fingerprint density at radius 1 is 1.23 bits per heavy atom. The molecule has 2 aromatic rings. The number of benzene rings is 1. The highest BCUT2D eigenvalue weighted by Crippen LogP contribution is 2.42. The second-order valence-corrected chi connectivity index (χ2v) is 9.31. The van der Waals surface area contributed by atoms with E-state index in [-0.39, 0.29) is 11.9 Å². The van der Waals surface area contributed by atoms with Gasteiger partial charge in [0.2, 0.25) is 5.91 Å². The van der Waals surface area contributed by atoms with Crippen LogP contribution < -0.4 is 0 Å². The molecule has 1 aromatic heterocycles. The highest BCUT2D eigenvalue weighted by molar-refractivity contribution is 5.78. The summed E-state index contributed by atoms with van der Waals surface area (Å²) in [5.41, 5.74) is 2.12. The Labute approximate surface area is 177 Å². The molecule has 5 nitrogen and oxygen atoms in total. The zero-order valence-corrected chi connectivity index (χ0v) is 17.7. The third kappa shape index (κ3) is 3.78. The third-order valence-corrected chi connectivity index (χ3v) is 7.34. The van der Waals surface area contributed by atoms with Crippen molar-refractivity contribution in [2.24, 2.45) is 11.8 Å². The van der Waals surface area contributed by atoms with Gasteiger partial charge in [0.1, 0.15) is 5.82 Å². The number of hydrogen-bond acceptors (Lipinski definition) is 3. The molecule has 1 aromatic carbocycles. The van der Waals surface area contributed by atoms with E-state index in [0.29, 0.717) is 30.2 Å². The predicted molar refractivity (Wildman–Crippen MR) is 113 cm³/mol. The van der Waals surface area contributed by atoms with Gasteiger partial charge in [0.05, 0.1) is 12.0 Å². The highest BCUT2D eigenvalue weighted by Gasteiger charge is 2.49. The molecule has 3 fully saturated rings. The van der Waals surface area contributed by atoms with Crippen LogP contribution in [0.3, 0.4) is 0 Å². The largest absolute Gasteiger partial charge is 0.337 e. The lowest BCUT2D eigenvalue weighted by atomic mass is 9.70. The van der Waals surface area contributed by atoms with Crippen LogP contribution in [0.25, 0.3) is 0 Å². The minimum Gasteiger partial charge on any atom is -0.337 e. The Bertz CT molecular complexity index is 912. The summed E-state index contributed by atoms with van der Waals surface area (Å²) in [7, 11) is 0. The van der Waals surface area contributed by atoms with Crippen LogP contribution in [0.1, 0.15) is 43.9 Å². The van der Waals surface area contributed by atoms with E-state index in [1.165, 1.54) is 12.5 Å². The van der Waals surface area contributed by atoms with Crippen molar-refractivity contribution in [3.63, 3.8) is 0 Å². The van der Waals surface area contributed by atoms with Gasteiger partial charge in [-0.15, -0.1) is 0 Å². The minimum absolute atomic E-state index is 0.164. The molecule has 6 heteroatoms. The molecule has 4 atom stereocenters. The number of piperidine rings is 3. The number of amides is 1. The maximum absolute atomic E-state index is 13.8. The molecule has 0 radical (unpaired) electrons. The third-order valence-electron chi connectivity index (χ3n) is 7.34. The molecule has 0 saturated carbocycles. The molecule has 0 N–H and O–H groups in total. The van der Waals surface area contributed by atoms with Crippen LogP contribution >= 0.6 is 0 Å². The maximum Gasteiger partial charge on any atom is 0.223 e. The lowest BCUT2D eigenvalue weighted by Gasteiger charge is -2.56. The molecule has 0 aliphatic carbocycles. The van der Waals surface area contributed by atoms with Crippen LogP contribution in [0.15, 0.2) is 36.8 Å². The number of halogens is 1. The van der Waals surface area contributed by atoms with Crippen LogP contribution in [0.5, 0.6) is 0 Å². The van der Waals surface area contributed by atoms with E-state index in [9.17, 15) is 9.18 Å². The second-order valence-electron chi connectivity index (χ2n) is 9.31. The van der Waals surface area contributed by atoms with Crippen molar-refractivity contribution in [3.8, 4) is 0 Å². The fraction of sp³-hybridized carbons (Fsp3) is 0.583. The first kappa shape index (κ1) is 19.7. The van der Waals surface area contributed by atoms with Gasteiger partial charge >= 0.3 is 0 Å². The van der Waals surface area contributed by atoms with E-state index in [2.05, 4.69) is 32.5 Å². The number of hydrogen-bond donors (Lipinski definition) is 0. The standard InChI is InChI=1S/C24H31FN4O/c1-2-27-14-21(26-16-27)15-28-12-18-11-19(13-28)23(10-17-5-3-6-20(25)9-17)29-22(18)7-4-8-24(29)30/h3,5-6,9,14,16,18-19,22-23H,2,4,7-8,10-13,15H2,1H3/t18-,19+,22+,23+/m1/s1. The van der Waals surface area contributed by atoms with Crippen molar-refractivity contribution in [2.75, 3.05) is 13.1 Å². The maximum atomic E-state index is 13.8. The number of carbonyl (C=O) groups is 1. The van der Waals surface area contributed by atoms with E-state index in [0.717, 1.165) is 56.7 Å². The van der Waals surface area contributed by atoms with Gasteiger partial charge in [-0.1, -0.05) is 12.1 Å². The molecule has 2 bridgehead atoms. The molecule has 4 heterocycles. The number of carbonyl (C=O) groups excluding carboxylic acids is 1. The molecule has 3 aliphatic rings. The van der Waals surface area contributed by atoms with E-state index in [4.69, 9.17) is 0 Å². The van der Waals surface area contributed by atoms with Gasteiger partial charge < -0.3 is 9.47 Å². The second kappa shape index (κ2) is 8.14. The zero-order valence-electron chi connectivity index (χ0n) is 17.7. The SMILES string of the molecule is CCn1cnc(CN2C[C@H]3C[C@@H](C2)[C@H](Cc2cccc(F)c2)N2C(=O)CCC[C@@H]32)c1. The van der Waals surface area contributed by atoms with Gasteiger partial charge in [-0.25, -0.2) is 9.37 Å². The summed E-state index contributed by atoms with van der Waals surface area (Å²) in [5, 5.41) is 0. The number of nitrogens with zero attached hydrogens (tertiary/aromatic N) is 4. The van der Waals surface area contributed by atoms with E-state index >= 15 is 0 Å². The normalized spacial score (nSPS) is 29.1. The zero-order chi connectivity index (χ0) is 20.7. The molecule has 30 heavy (non-hydrogen) atoms. The summed E-state index contributed by atoms with van der Waals surface area (Å²) in [5.74, 6) is 1.07. The molecule has 0 unspecified atom stereocenters. The number of aryl methyl sites for hydroxylation is 1. The Morgan fingerprint density at radius 2 is 2.10 bits per heavy atom. The lowest BCUT2D eigenvalue weighted by Crippen LogP contribution is -2.65. The first-order valence-corrected chi connectivity index (χ1v) is 11.4. The molecule has 3 saturated heterocycles. The van der Waals surface area contributed by atoms with Crippen molar-refractivity contribution < 1.29 is 9.18 Å². The van der Waals surface area contributed by atoms with Crippen molar-refractivity contribution in [2.45, 2.75) is 64.2 Å². The van der Waals surface area contributed by atoms with Crippen molar-refractivity contribution in [3.05, 3.63) is 53.9 Å². The number of imidazole rings is 1. The first-order chi connectivity index (χ1) is 14.6. The van der Waals surface area contributed by atoms with E-state index in [1.54, 1.807) is 12.1 Å². The topological polar surface area (TPSA) is 41.4 Å². The molecular weight excluding hydrogens is 379 g/mol. The van der Waals surface area contributed by atoms with Gasteiger partial charge in [-0.05, 0) is 62.1 Å². The summed E-state index contributed by atoms with van der Waals surface area (Å²) in [6, 6.07) is 7.40. The van der Waals surface area contributed by atoms with Gasteiger partial charge in [0, 0.05) is 50.9 Å². The number of aromatic nitrogens is 2. The quantitative estimate of drug-likeness (QED) is 0.758.